The fourth-order valence-corrected chi connectivity index (χ4v) is 1.27. The molecule has 0 radical (unpaired) electrons. The first-order valence-electron chi connectivity index (χ1n) is 5.34. The molecule has 1 atom stereocenters. The lowest BCUT2D eigenvalue weighted by molar-refractivity contribution is -0.155. The lowest BCUT2D eigenvalue weighted by Crippen LogP contribution is -2.24. The Balaban J connectivity index is 3.86. The maximum Gasteiger partial charge on any atom is 0.306 e. The molecule has 88 valence electrons. The standard InChI is InChI=1S/C12H22O2S/c1-10(7-5-6-8-15)9-11(13)14-12(2,3)4/h5,7,10,15H,6,8-9H2,1-4H3/b7-5+. The van der Waals surface area contributed by atoms with Crippen LogP contribution in [0.3, 0.4) is 0 Å². The second-order valence-corrected chi connectivity index (χ2v) is 5.16. The number of allylic oxidation sites excluding steroid dienone is 2. The summed E-state index contributed by atoms with van der Waals surface area (Å²) in [7, 11) is 0. The number of carbonyl (C=O) groups is 1. The Morgan fingerprint density at radius 2 is 2.07 bits per heavy atom. The number of rotatable bonds is 5. The molecular weight excluding hydrogens is 208 g/mol. The average Bonchev–Trinajstić information content (AvgIpc) is 2.00. The van der Waals surface area contributed by atoms with E-state index in [0.717, 1.165) is 12.2 Å². The Morgan fingerprint density at radius 1 is 1.47 bits per heavy atom. The maximum atomic E-state index is 11.4. The fraction of sp³-hybridized carbons (Fsp3) is 0.750. The first-order valence-corrected chi connectivity index (χ1v) is 5.98. The van der Waals surface area contributed by atoms with Gasteiger partial charge in [-0.2, -0.15) is 12.6 Å². The molecule has 0 rings (SSSR count). The summed E-state index contributed by atoms with van der Waals surface area (Å²) >= 11 is 4.11. The van der Waals surface area contributed by atoms with Crippen LogP contribution in [0.4, 0.5) is 0 Å². The van der Waals surface area contributed by atoms with Crippen molar-refractivity contribution in [1.29, 1.82) is 0 Å². The van der Waals surface area contributed by atoms with Crippen LogP contribution in [0, 0.1) is 5.92 Å². The molecule has 1 unspecified atom stereocenters. The summed E-state index contributed by atoms with van der Waals surface area (Å²) in [6, 6.07) is 0. The lowest BCUT2D eigenvalue weighted by Gasteiger charge is -2.20. The van der Waals surface area contributed by atoms with Gasteiger partial charge in [-0.25, -0.2) is 0 Å². The maximum absolute atomic E-state index is 11.4. The van der Waals surface area contributed by atoms with Crippen LogP contribution in [0.25, 0.3) is 0 Å². The number of ether oxygens (including phenoxy) is 1. The van der Waals surface area contributed by atoms with E-state index in [1.54, 1.807) is 0 Å². The molecule has 0 aliphatic carbocycles. The van der Waals surface area contributed by atoms with E-state index < -0.39 is 0 Å². The summed E-state index contributed by atoms with van der Waals surface area (Å²) in [4.78, 5) is 11.4. The molecule has 0 aliphatic heterocycles. The van der Waals surface area contributed by atoms with Gasteiger partial charge >= 0.3 is 5.97 Å². The predicted molar refractivity (Wildman–Crippen MR) is 67.2 cm³/mol. The lowest BCUT2D eigenvalue weighted by atomic mass is 10.1. The van der Waals surface area contributed by atoms with Gasteiger partial charge in [0.2, 0.25) is 0 Å². The van der Waals surface area contributed by atoms with Crippen molar-refractivity contribution in [1.82, 2.24) is 0 Å². The molecule has 0 aromatic rings. The smallest absolute Gasteiger partial charge is 0.306 e. The van der Waals surface area contributed by atoms with Gasteiger partial charge < -0.3 is 4.74 Å². The third-order valence-corrected chi connectivity index (χ3v) is 1.93. The fourth-order valence-electron chi connectivity index (χ4n) is 1.12. The molecule has 0 aromatic carbocycles. The molecule has 0 saturated heterocycles. The van der Waals surface area contributed by atoms with Crippen molar-refractivity contribution >= 4 is 18.6 Å². The molecule has 15 heavy (non-hydrogen) atoms. The molecule has 0 bridgehead atoms. The van der Waals surface area contributed by atoms with E-state index in [0.29, 0.717) is 6.42 Å². The zero-order valence-corrected chi connectivity index (χ0v) is 11.0. The van der Waals surface area contributed by atoms with Gasteiger partial charge in [-0.3, -0.25) is 4.79 Å². The molecule has 0 heterocycles. The number of carbonyl (C=O) groups excluding carboxylic acids is 1. The van der Waals surface area contributed by atoms with Crippen molar-refractivity contribution in [3.63, 3.8) is 0 Å². The minimum Gasteiger partial charge on any atom is -0.460 e. The highest BCUT2D eigenvalue weighted by atomic mass is 32.1. The molecule has 0 saturated carbocycles. The minimum absolute atomic E-state index is 0.134. The van der Waals surface area contributed by atoms with E-state index in [1.807, 2.05) is 33.8 Å². The second kappa shape index (κ2) is 6.94. The molecule has 0 fully saturated rings. The Labute approximate surface area is 98.5 Å². The Morgan fingerprint density at radius 3 is 2.53 bits per heavy atom. The molecule has 0 amide bonds. The third-order valence-electron chi connectivity index (χ3n) is 1.67. The summed E-state index contributed by atoms with van der Waals surface area (Å²) < 4.78 is 5.23. The largest absolute Gasteiger partial charge is 0.460 e. The Bertz CT molecular complexity index is 216. The third kappa shape index (κ3) is 9.85. The number of hydrogen-bond donors (Lipinski definition) is 1. The van der Waals surface area contributed by atoms with E-state index in [1.165, 1.54) is 0 Å². The first kappa shape index (κ1) is 14.6. The highest BCUT2D eigenvalue weighted by Gasteiger charge is 2.17. The summed E-state index contributed by atoms with van der Waals surface area (Å²) in [6.07, 6.45) is 5.49. The van der Waals surface area contributed by atoms with Crippen molar-refractivity contribution < 1.29 is 9.53 Å². The topological polar surface area (TPSA) is 26.3 Å². The van der Waals surface area contributed by atoms with Crippen molar-refractivity contribution in [2.24, 2.45) is 5.92 Å². The Hall–Kier alpha value is -0.440. The molecule has 0 aromatic heterocycles. The number of esters is 1. The Kier molecular flexibility index (Phi) is 6.73. The summed E-state index contributed by atoms with van der Waals surface area (Å²) in [5.41, 5.74) is -0.383. The van der Waals surface area contributed by atoms with Gasteiger partial charge in [-0.05, 0) is 38.9 Å². The van der Waals surface area contributed by atoms with Gasteiger partial charge in [0.1, 0.15) is 5.60 Å². The average molecular weight is 230 g/mol. The van der Waals surface area contributed by atoms with Gasteiger partial charge in [0.25, 0.3) is 0 Å². The van der Waals surface area contributed by atoms with Crippen molar-refractivity contribution in [2.45, 2.75) is 46.1 Å². The zero-order valence-electron chi connectivity index (χ0n) is 10.1. The van der Waals surface area contributed by atoms with Crippen LogP contribution < -0.4 is 0 Å². The van der Waals surface area contributed by atoms with E-state index in [4.69, 9.17) is 4.74 Å². The van der Waals surface area contributed by atoms with Crippen molar-refractivity contribution in [3.8, 4) is 0 Å². The summed E-state index contributed by atoms with van der Waals surface area (Å²) in [6.45, 7) is 7.66. The first-order chi connectivity index (χ1) is 6.85. The normalized spacial score (nSPS) is 14.2. The van der Waals surface area contributed by atoms with E-state index >= 15 is 0 Å². The highest BCUT2D eigenvalue weighted by molar-refractivity contribution is 7.80. The molecular formula is C12H22O2S. The molecule has 0 spiro atoms. The zero-order chi connectivity index (χ0) is 11.9. The van der Waals surface area contributed by atoms with Crippen LogP contribution in [0.15, 0.2) is 12.2 Å². The van der Waals surface area contributed by atoms with Crippen LogP contribution in [0.1, 0.15) is 40.5 Å². The molecule has 0 aliphatic rings. The van der Waals surface area contributed by atoms with Crippen LogP contribution in [0.2, 0.25) is 0 Å². The molecule has 2 nitrogen and oxygen atoms in total. The summed E-state index contributed by atoms with van der Waals surface area (Å²) in [5, 5.41) is 0. The minimum atomic E-state index is -0.383. The number of hydrogen-bond acceptors (Lipinski definition) is 3. The van der Waals surface area contributed by atoms with Crippen molar-refractivity contribution in [3.05, 3.63) is 12.2 Å². The summed E-state index contributed by atoms with van der Waals surface area (Å²) in [5.74, 6) is 0.945. The monoisotopic (exact) mass is 230 g/mol. The van der Waals surface area contributed by atoms with Gasteiger partial charge in [0.05, 0.1) is 6.42 Å². The van der Waals surface area contributed by atoms with E-state index in [2.05, 4.69) is 18.7 Å². The van der Waals surface area contributed by atoms with Gasteiger partial charge in [0.15, 0.2) is 0 Å². The van der Waals surface area contributed by atoms with E-state index in [-0.39, 0.29) is 17.5 Å². The van der Waals surface area contributed by atoms with Crippen LogP contribution in [-0.4, -0.2) is 17.3 Å². The van der Waals surface area contributed by atoms with Crippen LogP contribution in [0.5, 0.6) is 0 Å². The second-order valence-electron chi connectivity index (χ2n) is 4.71. The van der Waals surface area contributed by atoms with Gasteiger partial charge in [-0.15, -0.1) is 0 Å². The highest BCUT2D eigenvalue weighted by Crippen LogP contribution is 2.12. The van der Waals surface area contributed by atoms with E-state index in [9.17, 15) is 4.79 Å². The SMILES string of the molecule is CC(/C=C/CCS)CC(=O)OC(C)(C)C. The van der Waals surface area contributed by atoms with Gasteiger partial charge in [-0.1, -0.05) is 19.1 Å². The van der Waals surface area contributed by atoms with Gasteiger partial charge in [0, 0.05) is 0 Å². The predicted octanol–water partition coefficient (Wildman–Crippen LogP) is 3.23. The number of thiol groups is 1. The quantitative estimate of drug-likeness (QED) is 0.446. The van der Waals surface area contributed by atoms with Crippen LogP contribution >= 0.6 is 12.6 Å². The molecule has 0 N–H and O–H groups in total. The molecule has 3 heteroatoms. The van der Waals surface area contributed by atoms with Crippen LogP contribution in [-0.2, 0) is 9.53 Å². The van der Waals surface area contributed by atoms with Crippen molar-refractivity contribution in [2.75, 3.05) is 5.75 Å².